The Morgan fingerprint density at radius 1 is 1.16 bits per heavy atom. The topological polar surface area (TPSA) is 75.7 Å². The molecule has 0 aromatic heterocycles. The molecule has 134 valence electrons. The zero-order chi connectivity index (χ0) is 18.4. The second-order valence-electron chi connectivity index (χ2n) is 5.19. The molecule has 2 rings (SSSR count). The fraction of sp³-hybridized carbons (Fsp3) is 0.235. The number of carbonyl (C=O) groups is 1. The summed E-state index contributed by atoms with van der Waals surface area (Å²) in [5.41, 5.74) is 0.432. The molecule has 8 heteroatoms. The van der Waals surface area contributed by atoms with Crippen LogP contribution < -0.4 is 10.1 Å². The first kappa shape index (κ1) is 19.2. The second-order valence-corrected chi connectivity index (χ2v) is 7.65. The van der Waals surface area contributed by atoms with E-state index in [1.807, 2.05) is 6.92 Å². The highest BCUT2D eigenvalue weighted by molar-refractivity contribution is 7.89. The van der Waals surface area contributed by atoms with Gasteiger partial charge in [0.05, 0.1) is 28.8 Å². The molecular formula is C17H19ClN2O4S. The summed E-state index contributed by atoms with van der Waals surface area (Å²) in [6.07, 6.45) is 0. The zero-order valence-corrected chi connectivity index (χ0v) is 15.5. The van der Waals surface area contributed by atoms with Gasteiger partial charge in [0.2, 0.25) is 15.9 Å². The van der Waals surface area contributed by atoms with Crippen LogP contribution in [0.5, 0.6) is 5.75 Å². The number of nitrogens with one attached hydrogen (secondary N) is 1. The molecule has 0 spiro atoms. The molecule has 0 saturated heterocycles. The normalized spacial score (nSPS) is 11.4. The Kier molecular flexibility index (Phi) is 6.41. The molecular weight excluding hydrogens is 364 g/mol. The third-order valence-corrected chi connectivity index (χ3v) is 5.50. The van der Waals surface area contributed by atoms with Gasteiger partial charge in [-0.25, -0.2) is 8.42 Å². The number of likely N-dealkylation sites (N-methyl/N-ethyl adjacent to an activating group) is 1. The van der Waals surface area contributed by atoms with Crippen molar-refractivity contribution in [2.24, 2.45) is 0 Å². The van der Waals surface area contributed by atoms with Gasteiger partial charge in [0.15, 0.2) is 0 Å². The van der Waals surface area contributed by atoms with E-state index in [9.17, 15) is 13.2 Å². The van der Waals surface area contributed by atoms with Crippen molar-refractivity contribution in [3.05, 3.63) is 53.6 Å². The lowest BCUT2D eigenvalue weighted by atomic mass is 10.3. The first-order chi connectivity index (χ1) is 11.8. The number of sulfonamides is 1. The number of hydrogen-bond acceptors (Lipinski definition) is 4. The summed E-state index contributed by atoms with van der Waals surface area (Å²) in [5, 5.41) is 2.98. The van der Waals surface area contributed by atoms with Gasteiger partial charge in [0, 0.05) is 7.05 Å². The first-order valence-corrected chi connectivity index (χ1v) is 9.40. The number of nitrogens with zero attached hydrogens (tertiary/aromatic N) is 1. The molecule has 6 nitrogen and oxygen atoms in total. The molecule has 25 heavy (non-hydrogen) atoms. The third kappa shape index (κ3) is 4.94. The predicted octanol–water partition coefficient (Wildman–Crippen LogP) is 3.00. The van der Waals surface area contributed by atoms with Crippen LogP contribution in [0.25, 0.3) is 0 Å². The molecule has 0 bridgehead atoms. The van der Waals surface area contributed by atoms with Crippen molar-refractivity contribution in [2.75, 3.05) is 25.5 Å². The lowest BCUT2D eigenvalue weighted by Crippen LogP contribution is -2.35. The maximum Gasteiger partial charge on any atom is 0.243 e. The number of benzene rings is 2. The SMILES string of the molecule is CCOc1ccc(S(=O)(=O)N(C)CC(=O)Nc2ccccc2Cl)cc1. The van der Waals surface area contributed by atoms with Crippen molar-refractivity contribution in [1.29, 1.82) is 0 Å². The van der Waals surface area contributed by atoms with Crippen LogP contribution in [-0.2, 0) is 14.8 Å². The molecule has 1 amide bonds. The molecule has 2 aromatic carbocycles. The second kappa shape index (κ2) is 8.33. The minimum absolute atomic E-state index is 0.0870. The smallest absolute Gasteiger partial charge is 0.243 e. The number of anilines is 1. The summed E-state index contributed by atoms with van der Waals surface area (Å²) < 4.78 is 31.3. The highest BCUT2D eigenvalue weighted by Gasteiger charge is 2.23. The fourth-order valence-corrected chi connectivity index (χ4v) is 3.40. The van der Waals surface area contributed by atoms with Crippen LogP contribution in [0.3, 0.4) is 0 Å². The number of ether oxygens (including phenoxy) is 1. The Hall–Kier alpha value is -2.09. The van der Waals surface area contributed by atoms with Crippen LogP contribution in [0.15, 0.2) is 53.4 Å². The lowest BCUT2D eigenvalue weighted by molar-refractivity contribution is -0.116. The van der Waals surface area contributed by atoms with Crippen LogP contribution in [0.1, 0.15) is 6.92 Å². The molecule has 0 radical (unpaired) electrons. The van der Waals surface area contributed by atoms with Gasteiger partial charge >= 0.3 is 0 Å². The minimum Gasteiger partial charge on any atom is -0.494 e. The number of rotatable bonds is 7. The van der Waals surface area contributed by atoms with E-state index < -0.39 is 15.9 Å². The summed E-state index contributed by atoms with van der Waals surface area (Å²) in [6, 6.07) is 12.8. The number of carbonyl (C=O) groups excluding carboxylic acids is 1. The Morgan fingerprint density at radius 2 is 1.80 bits per heavy atom. The average molecular weight is 383 g/mol. The molecule has 0 atom stereocenters. The maximum atomic E-state index is 12.5. The number of amides is 1. The van der Waals surface area contributed by atoms with Gasteiger partial charge in [-0.3, -0.25) is 4.79 Å². The molecule has 0 aliphatic heterocycles. The lowest BCUT2D eigenvalue weighted by Gasteiger charge is -2.17. The molecule has 0 aliphatic rings. The van der Waals surface area contributed by atoms with Crippen molar-refractivity contribution in [2.45, 2.75) is 11.8 Å². The summed E-state index contributed by atoms with van der Waals surface area (Å²) in [4.78, 5) is 12.2. The molecule has 0 fully saturated rings. The minimum atomic E-state index is -3.78. The van der Waals surface area contributed by atoms with Gasteiger partial charge < -0.3 is 10.1 Å². The largest absolute Gasteiger partial charge is 0.494 e. The monoisotopic (exact) mass is 382 g/mol. The number of para-hydroxylation sites is 1. The fourth-order valence-electron chi connectivity index (χ4n) is 2.09. The average Bonchev–Trinajstić information content (AvgIpc) is 2.57. The molecule has 1 N–H and O–H groups in total. The van der Waals surface area contributed by atoms with Gasteiger partial charge in [0.25, 0.3) is 0 Å². The number of halogens is 1. The zero-order valence-electron chi connectivity index (χ0n) is 13.9. The van der Waals surface area contributed by atoms with Gasteiger partial charge in [-0.1, -0.05) is 23.7 Å². The van der Waals surface area contributed by atoms with E-state index in [0.29, 0.717) is 23.1 Å². The summed E-state index contributed by atoms with van der Waals surface area (Å²) >= 11 is 5.97. The van der Waals surface area contributed by atoms with E-state index in [1.54, 1.807) is 36.4 Å². The molecule has 2 aromatic rings. The van der Waals surface area contributed by atoms with E-state index in [0.717, 1.165) is 4.31 Å². The Bertz CT molecular complexity index is 838. The molecule has 0 heterocycles. The van der Waals surface area contributed by atoms with Gasteiger partial charge in [0.1, 0.15) is 5.75 Å². The highest BCUT2D eigenvalue weighted by Crippen LogP contribution is 2.21. The van der Waals surface area contributed by atoms with Crippen LogP contribution in [0, 0.1) is 0 Å². The van der Waals surface area contributed by atoms with Crippen LogP contribution in [0.2, 0.25) is 5.02 Å². The van der Waals surface area contributed by atoms with E-state index in [4.69, 9.17) is 16.3 Å². The summed E-state index contributed by atoms with van der Waals surface area (Å²) in [5.74, 6) is 0.102. The Labute approximate surface area is 152 Å². The molecule has 0 unspecified atom stereocenters. The van der Waals surface area contributed by atoms with Crippen molar-refractivity contribution in [1.82, 2.24) is 4.31 Å². The number of hydrogen-bond donors (Lipinski definition) is 1. The van der Waals surface area contributed by atoms with Crippen molar-refractivity contribution >= 4 is 33.2 Å². The third-order valence-electron chi connectivity index (χ3n) is 3.36. The van der Waals surface area contributed by atoms with Gasteiger partial charge in [-0.2, -0.15) is 4.31 Å². The predicted molar refractivity (Wildman–Crippen MR) is 97.5 cm³/mol. The standard InChI is InChI=1S/C17H19ClN2O4S/c1-3-24-13-8-10-14(11-9-13)25(22,23)20(2)12-17(21)19-16-7-5-4-6-15(16)18/h4-11H,3,12H2,1-2H3,(H,19,21). The summed E-state index contributed by atoms with van der Waals surface area (Å²) in [7, 11) is -2.44. The van der Waals surface area contributed by atoms with Crippen LogP contribution in [0.4, 0.5) is 5.69 Å². The molecule has 0 saturated carbocycles. The van der Waals surface area contributed by atoms with Crippen LogP contribution >= 0.6 is 11.6 Å². The van der Waals surface area contributed by atoms with Crippen molar-refractivity contribution in [3.63, 3.8) is 0 Å². The molecule has 0 aliphatic carbocycles. The van der Waals surface area contributed by atoms with Gasteiger partial charge in [-0.15, -0.1) is 0 Å². The quantitative estimate of drug-likeness (QED) is 0.798. The maximum absolute atomic E-state index is 12.5. The van der Waals surface area contributed by atoms with Gasteiger partial charge in [-0.05, 0) is 43.3 Å². The van der Waals surface area contributed by atoms with Crippen molar-refractivity contribution < 1.29 is 17.9 Å². The Morgan fingerprint density at radius 3 is 2.40 bits per heavy atom. The van der Waals surface area contributed by atoms with Crippen molar-refractivity contribution in [3.8, 4) is 5.75 Å². The summed E-state index contributed by atoms with van der Waals surface area (Å²) in [6.45, 7) is 2.00. The van der Waals surface area contributed by atoms with E-state index in [1.165, 1.54) is 19.2 Å². The highest BCUT2D eigenvalue weighted by atomic mass is 35.5. The Balaban J connectivity index is 2.06. The van der Waals surface area contributed by atoms with Crippen LogP contribution in [-0.4, -0.2) is 38.8 Å². The first-order valence-electron chi connectivity index (χ1n) is 7.58. The van der Waals surface area contributed by atoms with E-state index >= 15 is 0 Å². The van der Waals surface area contributed by atoms with E-state index in [2.05, 4.69) is 5.32 Å². The van der Waals surface area contributed by atoms with E-state index in [-0.39, 0.29) is 11.4 Å².